The fourth-order valence-electron chi connectivity index (χ4n) is 11.3. The van der Waals surface area contributed by atoms with Crippen LogP contribution < -0.4 is 0 Å². The maximum Gasteiger partial charge on any atom is 0.188 e. The Balaban J connectivity index is 1.11. The lowest BCUT2D eigenvalue weighted by Crippen LogP contribution is -2.06. The van der Waals surface area contributed by atoms with Gasteiger partial charge in [-0.05, 0) is 153 Å². The first-order valence-corrected chi connectivity index (χ1v) is 24.2. The smallest absolute Gasteiger partial charge is 0.188 e. The summed E-state index contributed by atoms with van der Waals surface area (Å²) in [4.78, 5) is 19.9. The Morgan fingerprint density at radius 3 is 1.36 bits per heavy atom. The van der Waals surface area contributed by atoms with Crippen molar-refractivity contribution < 1.29 is 0 Å². The molecule has 0 saturated heterocycles. The zero-order valence-corrected chi connectivity index (χ0v) is 40.9. The summed E-state index contributed by atoms with van der Waals surface area (Å²) in [5.41, 5.74) is 21.0. The summed E-state index contributed by atoms with van der Waals surface area (Å²) >= 11 is 0. The van der Waals surface area contributed by atoms with Gasteiger partial charge in [-0.2, -0.15) is 5.26 Å². The molecule has 0 unspecified atom stereocenters. The van der Waals surface area contributed by atoms with Gasteiger partial charge >= 0.3 is 0 Å². The Hall–Kier alpha value is -9.43. The van der Waals surface area contributed by atoms with E-state index in [-0.39, 0.29) is 0 Å². The molecule has 0 bridgehead atoms. The highest BCUT2D eigenvalue weighted by molar-refractivity contribution is 6.12. The molecule has 0 fully saturated rings. The SMILES string of the molecule is [C-]#[N+]c1ccc(-n2c3ccccc3c3cc(-c4c(C)cc(C)cc4C)ccc32)c(-c2nc(-c3ccccc3)nc(-c3cc(C#N)ccc3-n3c4ccccc4c4cc(-c5c(C)cc(C)cc5C)ccc43)n2)c1. The molecule has 7 heteroatoms. The van der Waals surface area contributed by atoms with E-state index in [0.29, 0.717) is 39.9 Å². The molecule has 0 spiro atoms. The van der Waals surface area contributed by atoms with Crippen LogP contribution in [0.5, 0.6) is 0 Å². The lowest BCUT2D eigenvalue weighted by molar-refractivity contribution is 1.06. The van der Waals surface area contributed by atoms with Crippen LogP contribution in [-0.4, -0.2) is 24.1 Å². The average molecular weight is 926 g/mol. The molecule has 0 amide bonds. The third kappa shape index (κ3) is 7.22. The van der Waals surface area contributed by atoms with Crippen molar-refractivity contribution in [1.29, 1.82) is 5.26 Å². The number of fused-ring (bicyclic) bond motifs is 6. The first-order valence-electron chi connectivity index (χ1n) is 24.2. The molecule has 0 atom stereocenters. The predicted molar refractivity (Wildman–Crippen MR) is 295 cm³/mol. The number of nitrogens with zero attached hydrogens (tertiary/aromatic N) is 7. The zero-order valence-electron chi connectivity index (χ0n) is 40.9. The minimum absolute atomic E-state index is 0.397. The van der Waals surface area contributed by atoms with Gasteiger partial charge in [-0.15, -0.1) is 0 Å². The van der Waals surface area contributed by atoms with Crippen LogP contribution in [0.15, 0.2) is 176 Å². The summed E-state index contributed by atoms with van der Waals surface area (Å²) in [5.74, 6) is 1.26. The second-order valence-corrected chi connectivity index (χ2v) is 19.0. The van der Waals surface area contributed by atoms with Crippen molar-refractivity contribution in [3.05, 3.63) is 226 Å². The molecule has 0 radical (unpaired) electrons. The summed E-state index contributed by atoms with van der Waals surface area (Å²) < 4.78 is 4.54. The second kappa shape index (κ2) is 17.2. The molecule has 0 aliphatic heterocycles. The minimum atomic E-state index is 0.397. The Bertz CT molecular complexity index is 4010. The van der Waals surface area contributed by atoms with Crippen LogP contribution in [-0.2, 0) is 0 Å². The van der Waals surface area contributed by atoms with Crippen molar-refractivity contribution in [2.45, 2.75) is 41.5 Å². The van der Waals surface area contributed by atoms with Crippen LogP contribution in [0.25, 0.3) is 116 Å². The van der Waals surface area contributed by atoms with Gasteiger partial charge in [0.1, 0.15) is 0 Å². The number of hydrogen-bond acceptors (Lipinski definition) is 4. The van der Waals surface area contributed by atoms with Gasteiger partial charge < -0.3 is 9.13 Å². The number of aryl methyl sites for hydroxylation is 6. The van der Waals surface area contributed by atoms with Crippen molar-refractivity contribution in [3.8, 4) is 73.9 Å². The molecule has 0 N–H and O–H groups in total. The molecule has 0 aliphatic rings. The van der Waals surface area contributed by atoms with Crippen molar-refractivity contribution >= 4 is 49.3 Å². The lowest BCUT2D eigenvalue weighted by atomic mass is 9.93. The van der Waals surface area contributed by atoms with Gasteiger partial charge in [-0.25, -0.2) is 19.8 Å². The van der Waals surface area contributed by atoms with Gasteiger partial charge in [0.15, 0.2) is 23.2 Å². The normalized spacial score (nSPS) is 11.4. The van der Waals surface area contributed by atoms with E-state index < -0.39 is 0 Å². The van der Waals surface area contributed by atoms with E-state index in [1.54, 1.807) is 0 Å². The zero-order chi connectivity index (χ0) is 49.4. The first-order chi connectivity index (χ1) is 35.1. The van der Waals surface area contributed by atoms with Crippen LogP contribution >= 0.6 is 0 Å². The Morgan fingerprint density at radius 1 is 0.417 bits per heavy atom. The molecule has 342 valence electrons. The minimum Gasteiger partial charge on any atom is -0.309 e. The maximum absolute atomic E-state index is 10.5. The van der Waals surface area contributed by atoms with Gasteiger partial charge in [0.2, 0.25) is 0 Å². The molecule has 0 saturated carbocycles. The largest absolute Gasteiger partial charge is 0.309 e. The average Bonchev–Trinajstić information content (AvgIpc) is 3.90. The van der Waals surface area contributed by atoms with E-state index in [0.717, 1.165) is 71.7 Å². The molecular formula is C65H47N7. The van der Waals surface area contributed by atoms with Crippen LogP contribution in [0, 0.1) is 59.4 Å². The highest BCUT2D eigenvalue weighted by Crippen LogP contribution is 2.43. The number of aromatic nitrogens is 5. The van der Waals surface area contributed by atoms with Crippen molar-refractivity contribution in [2.75, 3.05) is 0 Å². The van der Waals surface area contributed by atoms with Gasteiger partial charge in [0.05, 0.1) is 51.6 Å². The molecule has 0 aliphatic carbocycles. The van der Waals surface area contributed by atoms with E-state index in [9.17, 15) is 5.26 Å². The number of para-hydroxylation sites is 2. The number of rotatable bonds is 7. The molecule has 7 nitrogen and oxygen atoms in total. The van der Waals surface area contributed by atoms with E-state index in [2.05, 4.69) is 171 Å². The van der Waals surface area contributed by atoms with E-state index in [4.69, 9.17) is 21.5 Å². The Kier molecular flexibility index (Phi) is 10.5. The highest BCUT2D eigenvalue weighted by atomic mass is 15.1. The molecule has 9 aromatic carbocycles. The van der Waals surface area contributed by atoms with Crippen LogP contribution in [0.4, 0.5) is 5.69 Å². The Labute approximate surface area is 418 Å². The van der Waals surface area contributed by atoms with Gasteiger partial charge in [-0.3, -0.25) is 0 Å². The van der Waals surface area contributed by atoms with Gasteiger partial charge in [-0.1, -0.05) is 120 Å². The quantitative estimate of drug-likeness (QED) is 0.149. The maximum atomic E-state index is 10.5. The van der Waals surface area contributed by atoms with Crippen molar-refractivity contribution in [2.24, 2.45) is 0 Å². The summed E-state index contributed by atoms with van der Waals surface area (Å²) in [5, 5.41) is 14.9. The number of nitriles is 1. The van der Waals surface area contributed by atoms with Crippen molar-refractivity contribution in [1.82, 2.24) is 24.1 Å². The first kappa shape index (κ1) is 43.8. The second-order valence-electron chi connectivity index (χ2n) is 19.0. The summed E-state index contributed by atoms with van der Waals surface area (Å²) in [6.07, 6.45) is 0. The standard InChI is InChI=1S/C65H47N7/c1-38-29-40(3)61(41(4)30-38)46-22-26-57-51(34-46)49-17-11-13-19-55(49)71(57)59-25-21-44(37-66)33-53(59)64-68-63(45-15-9-8-10-16-45)69-65(70-64)54-36-48(67-7)24-28-60(54)72-56-20-14-12-18-50(56)52-35-47(23-27-58(52)72)62-42(5)31-39(2)32-43(62)6/h8-36H,1-6H3. The number of benzene rings is 9. The molecule has 3 heterocycles. The Morgan fingerprint density at radius 2 is 0.861 bits per heavy atom. The van der Waals surface area contributed by atoms with E-state index in [1.165, 1.54) is 44.5 Å². The fourth-order valence-corrected chi connectivity index (χ4v) is 11.3. The summed E-state index contributed by atoms with van der Waals surface area (Å²) in [7, 11) is 0. The van der Waals surface area contributed by atoms with Gasteiger partial charge in [0.25, 0.3) is 0 Å². The molecule has 12 aromatic rings. The topological polar surface area (TPSA) is 76.7 Å². The van der Waals surface area contributed by atoms with Gasteiger partial charge in [0, 0.05) is 38.2 Å². The molecule has 72 heavy (non-hydrogen) atoms. The third-order valence-electron chi connectivity index (χ3n) is 14.1. The van der Waals surface area contributed by atoms with Crippen LogP contribution in [0.1, 0.15) is 38.9 Å². The number of hydrogen-bond donors (Lipinski definition) is 0. The third-order valence-corrected chi connectivity index (χ3v) is 14.1. The van der Waals surface area contributed by atoms with Crippen LogP contribution in [0.2, 0.25) is 0 Å². The summed E-state index contributed by atoms with van der Waals surface area (Å²) in [6.45, 7) is 21.3. The molecule has 12 rings (SSSR count). The van der Waals surface area contributed by atoms with E-state index in [1.807, 2.05) is 66.7 Å². The van der Waals surface area contributed by atoms with E-state index >= 15 is 0 Å². The van der Waals surface area contributed by atoms with Crippen molar-refractivity contribution in [3.63, 3.8) is 0 Å². The summed E-state index contributed by atoms with van der Waals surface area (Å²) in [6, 6.07) is 63.2. The molecule has 3 aromatic heterocycles. The van der Waals surface area contributed by atoms with Crippen LogP contribution in [0.3, 0.4) is 0 Å². The lowest BCUT2D eigenvalue weighted by Gasteiger charge is -2.17. The predicted octanol–water partition coefficient (Wildman–Crippen LogP) is 16.7. The molecular weight excluding hydrogens is 879 g/mol. The fraction of sp³-hybridized carbons (Fsp3) is 0.0923. The monoisotopic (exact) mass is 925 g/mol. The highest BCUT2D eigenvalue weighted by Gasteiger charge is 2.24.